The molecule has 0 saturated heterocycles. The van der Waals surface area contributed by atoms with E-state index in [1.54, 1.807) is 0 Å². The molecule has 3 N–H and O–H groups in total. The van der Waals surface area contributed by atoms with Crippen molar-refractivity contribution in [1.29, 1.82) is 0 Å². The lowest BCUT2D eigenvalue weighted by Crippen LogP contribution is -2.30. The number of hydrogen-bond donors (Lipinski definition) is 3. The second-order valence-corrected chi connectivity index (χ2v) is 28.9. The van der Waals surface area contributed by atoms with Crippen LogP contribution in [-0.2, 0) is 65.4 Å². The van der Waals surface area contributed by atoms with Crippen LogP contribution in [0.1, 0.15) is 362 Å². The van der Waals surface area contributed by atoms with Crippen LogP contribution in [0.4, 0.5) is 0 Å². The highest BCUT2D eigenvalue weighted by atomic mass is 31.2. The van der Waals surface area contributed by atoms with Crippen molar-refractivity contribution in [3.8, 4) is 0 Å². The molecule has 5 unspecified atom stereocenters. The lowest BCUT2D eigenvalue weighted by molar-refractivity contribution is -0.161. The molecular formula is C75H140O17P2. The Morgan fingerprint density at radius 3 is 0.745 bits per heavy atom. The number of carbonyl (C=O) groups is 4. The van der Waals surface area contributed by atoms with Gasteiger partial charge >= 0.3 is 39.5 Å². The Morgan fingerprint density at radius 1 is 0.287 bits per heavy atom. The van der Waals surface area contributed by atoms with Gasteiger partial charge in [0.2, 0.25) is 0 Å². The van der Waals surface area contributed by atoms with Gasteiger partial charge < -0.3 is 33.8 Å². The molecule has 0 radical (unpaired) electrons. The van der Waals surface area contributed by atoms with Gasteiger partial charge in [-0.2, -0.15) is 0 Å². The van der Waals surface area contributed by atoms with E-state index in [2.05, 4.69) is 64.2 Å². The highest BCUT2D eigenvalue weighted by Crippen LogP contribution is 2.45. The van der Waals surface area contributed by atoms with Gasteiger partial charge in [-0.3, -0.25) is 37.3 Å². The van der Waals surface area contributed by atoms with E-state index in [1.165, 1.54) is 148 Å². The first-order valence-electron chi connectivity index (χ1n) is 38.2. The van der Waals surface area contributed by atoms with Crippen molar-refractivity contribution in [2.75, 3.05) is 39.6 Å². The maximum absolute atomic E-state index is 13.1. The van der Waals surface area contributed by atoms with Crippen LogP contribution in [0, 0.1) is 0 Å². The van der Waals surface area contributed by atoms with Crippen molar-refractivity contribution in [3.63, 3.8) is 0 Å². The van der Waals surface area contributed by atoms with Gasteiger partial charge in [0.15, 0.2) is 12.2 Å². The smallest absolute Gasteiger partial charge is 0.462 e. The molecule has 94 heavy (non-hydrogen) atoms. The van der Waals surface area contributed by atoms with E-state index in [9.17, 15) is 43.2 Å². The summed E-state index contributed by atoms with van der Waals surface area (Å²) in [5.41, 5.74) is 0. The highest BCUT2D eigenvalue weighted by Gasteiger charge is 2.30. The third-order valence-corrected chi connectivity index (χ3v) is 18.5. The minimum atomic E-state index is -4.96. The van der Waals surface area contributed by atoms with Gasteiger partial charge in [-0.25, -0.2) is 9.13 Å². The molecule has 0 aromatic rings. The topological polar surface area (TPSA) is 237 Å². The third kappa shape index (κ3) is 67.8. The average molecular weight is 1380 g/mol. The van der Waals surface area contributed by atoms with Crippen molar-refractivity contribution >= 4 is 39.5 Å². The summed E-state index contributed by atoms with van der Waals surface area (Å²) in [6, 6.07) is 0. The molecule has 19 heteroatoms. The Kier molecular flexibility index (Phi) is 66.8. The number of esters is 4. The van der Waals surface area contributed by atoms with E-state index in [1.807, 2.05) is 0 Å². The molecule has 0 spiro atoms. The SMILES string of the molecule is CCCCCC/C=C\CCCCCCCC(=O)OCC(COP(=O)(O)OCC(O)COP(=O)(O)OCC(COC(=O)CCCCCCCCCCCCCCC)OC(=O)CCCCCCC/C=C\CCCCCCCC)OC(=O)CCCCCCC/C=C\CCCCCC. The summed E-state index contributed by atoms with van der Waals surface area (Å²) in [6.45, 7) is 4.88. The van der Waals surface area contributed by atoms with Crippen LogP contribution in [0.25, 0.3) is 0 Å². The minimum Gasteiger partial charge on any atom is -0.462 e. The van der Waals surface area contributed by atoms with E-state index < -0.39 is 97.5 Å². The first kappa shape index (κ1) is 91.3. The summed E-state index contributed by atoms with van der Waals surface area (Å²) >= 11 is 0. The van der Waals surface area contributed by atoms with Crippen molar-refractivity contribution in [2.45, 2.75) is 380 Å². The Labute approximate surface area is 573 Å². The number of phosphoric ester groups is 2. The maximum atomic E-state index is 13.1. The second-order valence-electron chi connectivity index (χ2n) is 25.9. The van der Waals surface area contributed by atoms with Crippen LogP contribution in [0.3, 0.4) is 0 Å². The summed E-state index contributed by atoms with van der Waals surface area (Å²) in [7, 11) is -9.93. The van der Waals surface area contributed by atoms with Gasteiger partial charge in [0.1, 0.15) is 19.3 Å². The molecule has 0 aliphatic carbocycles. The van der Waals surface area contributed by atoms with E-state index in [0.717, 1.165) is 135 Å². The molecule has 0 saturated carbocycles. The van der Waals surface area contributed by atoms with E-state index in [4.69, 9.17) is 37.0 Å². The predicted molar refractivity (Wildman–Crippen MR) is 381 cm³/mol. The monoisotopic (exact) mass is 1370 g/mol. The van der Waals surface area contributed by atoms with Gasteiger partial charge in [0.05, 0.1) is 26.4 Å². The predicted octanol–water partition coefficient (Wildman–Crippen LogP) is 21.6. The number of phosphoric acid groups is 2. The fraction of sp³-hybridized carbons (Fsp3) is 0.867. The van der Waals surface area contributed by atoms with E-state index in [0.29, 0.717) is 25.7 Å². The maximum Gasteiger partial charge on any atom is 0.472 e. The zero-order valence-corrected chi connectivity index (χ0v) is 61.9. The van der Waals surface area contributed by atoms with Gasteiger partial charge in [0, 0.05) is 25.7 Å². The Morgan fingerprint density at radius 2 is 0.489 bits per heavy atom. The summed E-state index contributed by atoms with van der Waals surface area (Å²) < 4.78 is 68.4. The van der Waals surface area contributed by atoms with E-state index in [-0.39, 0.29) is 25.7 Å². The summed E-state index contributed by atoms with van der Waals surface area (Å²) in [4.78, 5) is 72.7. The lowest BCUT2D eigenvalue weighted by atomic mass is 10.0. The summed E-state index contributed by atoms with van der Waals surface area (Å²) in [5.74, 6) is -2.16. The first-order valence-corrected chi connectivity index (χ1v) is 41.2. The van der Waals surface area contributed by atoms with Crippen molar-refractivity contribution in [3.05, 3.63) is 36.5 Å². The minimum absolute atomic E-state index is 0.0890. The zero-order valence-electron chi connectivity index (χ0n) is 60.2. The fourth-order valence-corrected chi connectivity index (χ4v) is 12.3. The molecular weight excluding hydrogens is 1230 g/mol. The third-order valence-electron chi connectivity index (χ3n) is 16.6. The van der Waals surface area contributed by atoms with E-state index >= 15 is 0 Å². The zero-order chi connectivity index (χ0) is 69.0. The number of carbonyl (C=O) groups excluding carboxylic acids is 4. The number of hydrogen-bond acceptors (Lipinski definition) is 15. The van der Waals surface area contributed by atoms with Crippen molar-refractivity contribution in [2.24, 2.45) is 0 Å². The molecule has 0 fully saturated rings. The normalized spacial score (nSPS) is 14.2. The van der Waals surface area contributed by atoms with Gasteiger partial charge in [0.25, 0.3) is 0 Å². The van der Waals surface area contributed by atoms with Gasteiger partial charge in [-0.05, 0) is 103 Å². The molecule has 0 bridgehead atoms. The lowest BCUT2D eigenvalue weighted by Gasteiger charge is -2.21. The average Bonchev–Trinajstić information content (AvgIpc) is 2.42. The number of aliphatic hydroxyl groups is 1. The molecule has 5 atom stereocenters. The van der Waals surface area contributed by atoms with Crippen LogP contribution in [0.2, 0.25) is 0 Å². The van der Waals surface area contributed by atoms with Crippen LogP contribution < -0.4 is 0 Å². The quantitative estimate of drug-likeness (QED) is 0.0169. The molecule has 0 amide bonds. The Bertz CT molecular complexity index is 1930. The highest BCUT2D eigenvalue weighted by molar-refractivity contribution is 7.47. The van der Waals surface area contributed by atoms with Gasteiger partial charge in [-0.1, -0.05) is 270 Å². The summed E-state index contributed by atoms with van der Waals surface area (Å²) in [6.07, 6.45) is 62.7. The number of rotatable bonds is 73. The molecule has 0 heterocycles. The second kappa shape index (κ2) is 68.8. The molecule has 0 aliphatic rings. The first-order chi connectivity index (χ1) is 45.7. The molecule has 0 aromatic carbocycles. The largest absolute Gasteiger partial charge is 0.472 e. The molecule has 17 nitrogen and oxygen atoms in total. The van der Waals surface area contributed by atoms with Crippen LogP contribution in [0.15, 0.2) is 36.5 Å². The molecule has 0 rings (SSSR count). The van der Waals surface area contributed by atoms with Crippen LogP contribution in [0.5, 0.6) is 0 Å². The summed E-state index contributed by atoms with van der Waals surface area (Å²) in [5, 5.41) is 10.6. The standard InChI is InChI=1S/C75H140O17P2/c1-5-9-13-17-21-25-29-33-34-38-42-46-50-54-58-62-75(80)92-71(66-86-73(78)60-56-52-48-44-40-36-31-27-23-19-15-11-7-3)68-90-94(83,84)88-64-69(76)63-87-93(81,82)89-67-70(91-74(79)61-57-53-49-45-41-37-32-28-24-20-16-12-8-4)65-85-72(77)59-55-51-47-43-39-35-30-26-22-18-14-10-6-2/h26,28,30,32-34,69-71,76H,5-25,27,29,31,35-68H2,1-4H3,(H,81,82)(H,83,84)/b30-26-,32-28-,34-33-. The number of ether oxygens (including phenoxy) is 4. The van der Waals surface area contributed by atoms with Crippen molar-refractivity contribution < 1.29 is 80.2 Å². The number of allylic oxidation sites excluding steroid dienone is 6. The van der Waals surface area contributed by atoms with Crippen LogP contribution >= 0.6 is 15.6 Å². The molecule has 0 aliphatic heterocycles. The fourth-order valence-electron chi connectivity index (χ4n) is 10.7. The number of aliphatic hydroxyl groups excluding tert-OH is 1. The number of unbranched alkanes of at least 4 members (excludes halogenated alkanes) is 41. The van der Waals surface area contributed by atoms with Gasteiger partial charge in [-0.15, -0.1) is 0 Å². The van der Waals surface area contributed by atoms with Crippen molar-refractivity contribution in [1.82, 2.24) is 0 Å². The molecule has 0 aromatic heterocycles. The Balaban J connectivity index is 5.31. The van der Waals surface area contributed by atoms with Crippen LogP contribution in [-0.4, -0.2) is 96.7 Å². The molecule has 552 valence electrons. The Hall–Kier alpha value is -2.72.